The maximum Gasteiger partial charge on any atom is 0.247 e. The van der Waals surface area contributed by atoms with E-state index in [0.717, 1.165) is 17.7 Å². The number of hydrogen-bond donors (Lipinski definition) is 2. The van der Waals surface area contributed by atoms with Gasteiger partial charge in [0.2, 0.25) is 11.8 Å². The van der Waals surface area contributed by atoms with Gasteiger partial charge in [0.25, 0.3) is 0 Å². The number of amides is 2. The van der Waals surface area contributed by atoms with Crippen molar-refractivity contribution >= 4 is 29.1 Å². The van der Waals surface area contributed by atoms with Crippen LogP contribution in [0.1, 0.15) is 38.8 Å². The third-order valence-corrected chi connectivity index (χ3v) is 5.37. The number of carbonyl (C=O) groups excluding carboxylic acids is 2. The standard InChI is InChI=1S/C23H29ClN2O2/c1-16(2)20(26-22(28)23(3,4)15-24)21(27)25-19-13-9-8-12-18(19)14-17-10-6-5-7-11-17/h5-13,16,20H,14-15H2,1-4H3,(H,25,27)(H,26,28). The summed E-state index contributed by atoms with van der Waals surface area (Å²) in [5.41, 5.74) is 2.21. The zero-order valence-electron chi connectivity index (χ0n) is 17.0. The molecule has 0 fully saturated rings. The van der Waals surface area contributed by atoms with Crippen LogP contribution in [0.4, 0.5) is 5.69 Å². The van der Waals surface area contributed by atoms with Gasteiger partial charge in [-0.2, -0.15) is 0 Å². The number of rotatable bonds is 8. The molecule has 5 heteroatoms. The average Bonchev–Trinajstić information content (AvgIpc) is 2.67. The molecule has 0 aliphatic carbocycles. The van der Waals surface area contributed by atoms with Crippen molar-refractivity contribution in [3.63, 3.8) is 0 Å². The van der Waals surface area contributed by atoms with Gasteiger partial charge in [-0.1, -0.05) is 62.4 Å². The molecule has 0 radical (unpaired) electrons. The van der Waals surface area contributed by atoms with Gasteiger partial charge in [-0.25, -0.2) is 0 Å². The number of carbonyl (C=O) groups is 2. The summed E-state index contributed by atoms with van der Waals surface area (Å²) in [4.78, 5) is 25.5. The number of nitrogens with one attached hydrogen (secondary N) is 2. The van der Waals surface area contributed by atoms with Crippen LogP contribution < -0.4 is 10.6 Å². The van der Waals surface area contributed by atoms with Crippen molar-refractivity contribution in [2.24, 2.45) is 11.3 Å². The first-order chi connectivity index (χ1) is 13.2. The molecule has 0 saturated heterocycles. The molecule has 2 aromatic carbocycles. The van der Waals surface area contributed by atoms with Gasteiger partial charge >= 0.3 is 0 Å². The van der Waals surface area contributed by atoms with Crippen LogP contribution in [0.15, 0.2) is 54.6 Å². The molecule has 0 bridgehead atoms. The second kappa shape index (κ2) is 9.74. The predicted octanol–water partition coefficient (Wildman–Crippen LogP) is 4.62. The normalized spacial score (nSPS) is 12.5. The van der Waals surface area contributed by atoms with Gasteiger partial charge in [0.15, 0.2) is 0 Å². The molecule has 0 aliphatic heterocycles. The molecule has 4 nitrogen and oxygen atoms in total. The summed E-state index contributed by atoms with van der Waals surface area (Å²) in [7, 11) is 0. The Hall–Kier alpha value is -2.33. The Morgan fingerprint density at radius 1 is 1.00 bits per heavy atom. The van der Waals surface area contributed by atoms with E-state index in [-0.39, 0.29) is 23.6 Å². The number of anilines is 1. The summed E-state index contributed by atoms with van der Waals surface area (Å²) in [5, 5.41) is 5.86. The highest BCUT2D eigenvalue weighted by Gasteiger charge is 2.32. The molecule has 2 rings (SSSR count). The van der Waals surface area contributed by atoms with Crippen molar-refractivity contribution in [2.75, 3.05) is 11.2 Å². The molecule has 28 heavy (non-hydrogen) atoms. The van der Waals surface area contributed by atoms with Crippen LogP contribution >= 0.6 is 11.6 Å². The van der Waals surface area contributed by atoms with E-state index in [0.29, 0.717) is 0 Å². The van der Waals surface area contributed by atoms with Crippen molar-refractivity contribution in [1.82, 2.24) is 5.32 Å². The van der Waals surface area contributed by atoms with E-state index in [1.807, 2.05) is 56.3 Å². The van der Waals surface area contributed by atoms with Gasteiger partial charge < -0.3 is 10.6 Å². The Morgan fingerprint density at radius 2 is 1.61 bits per heavy atom. The van der Waals surface area contributed by atoms with Gasteiger partial charge in [0.1, 0.15) is 6.04 Å². The van der Waals surface area contributed by atoms with E-state index in [4.69, 9.17) is 11.6 Å². The van der Waals surface area contributed by atoms with Gasteiger partial charge in [0, 0.05) is 11.6 Å². The Labute approximate surface area is 172 Å². The SMILES string of the molecule is CC(C)C(NC(=O)C(C)(C)CCl)C(=O)Nc1ccccc1Cc1ccccc1. The average molecular weight is 401 g/mol. The number of benzene rings is 2. The highest BCUT2D eigenvalue weighted by Crippen LogP contribution is 2.21. The van der Waals surface area contributed by atoms with Gasteiger partial charge in [0.05, 0.1) is 5.41 Å². The van der Waals surface area contributed by atoms with Crippen molar-refractivity contribution in [1.29, 1.82) is 0 Å². The first-order valence-corrected chi connectivity index (χ1v) is 10.1. The molecule has 0 saturated carbocycles. The molecule has 0 aliphatic rings. The molecule has 2 N–H and O–H groups in total. The molecule has 0 heterocycles. The Bertz CT molecular complexity index is 803. The minimum atomic E-state index is -0.736. The van der Waals surface area contributed by atoms with Crippen LogP contribution in [-0.2, 0) is 16.0 Å². The fourth-order valence-corrected chi connectivity index (χ4v) is 2.88. The molecule has 1 atom stereocenters. The van der Waals surface area contributed by atoms with Crippen LogP contribution in [0.3, 0.4) is 0 Å². The maximum absolute atomic E-state index is 13.0. The van der Waals surface area contributed by atoms with Crippen molar-refractivity contribution in [3.05, 3.63) is 65.7 Å². The first-order valence-electron chi connectivity index (χ1n) is 9.54. The number of alkyl halides is 1. The van der Waals surface area contributed by atoms with E-state index >= 15 is 0 Å². The maximum atomic E-state index is 13.0. The first kappa shape index (κ1) is 22.0. The third kappa shape index (κ3) is 5.83. The zero-order valence-corrected chi connectivity index (χ0v) is 17.7. The molecular weight excluding hydrogens is 372 g/mol. The van der Waals surface area contributed by atoms with E-state index < -0.39 is 11.5 Å². The summed E-state index contributed by atoms with van der Waals surface area (Å²) >= 11 is 5.90. The lowest BCUT2D eigenvalue weighted by Crippen LogP contribution is -2.51. The highest BCUT2D eigenvalue weighted by molar-refractivity contribution is 6.20. The van der Waals surface area contributed by atoms with Crippen LogP contribution in [-0.4, -0.2) is 23.7 Å². The lowest BCUT2D eigenvalue weighted by molar-refractivity contribution is -0.132. The predicted molar refractivity (Wildman–Crippen MR) is 116 cm³/mol. The fraction of sp³-hybridized carbons (Fsp3) is 0.391. The van der Waals surface area contributed by atoms with Crippen molar-refractivity contribution < 1.29 is 9.59 Å². The summed E-state index contributed by atoms with van der Waals surface area (Å²) in [6.45, 7) is 7.35. The zero-order chi connectivity index (χ0) is 20.7. The summed E-state index contributed by atoms with van der Waals surface area (Å²) in [6.07, 6.45) is 0.718. The molecular formula is C23H29ClN2O2. The van der Waals surface area contributed by atoms with Gasteiger partial charge in [-0.05, 0) is 43.4 Å². The minimum absolute atomic E-state index is 0.0589. The van der Waals surface area contributed by atoms with Gasteiger partial charge in [-0.3, -0.25) is 9.59 Å². The second-order valence-corrected chi connectivity index (χ2v) is 8.29. The lowest BCUT2D eigenvalue weighted by Gasteiger charge is -2.27. The molecule has 0 spiro atoms. The summed E-state index contributed by atoms with van der Waals surface area (Å²) in [6, 6.07) is 17.2. The number of hydrogen-bond acceptors (Lipinski definition) is 2. The summed E-state index contributed by atoms with van der Waals surface area (Å²) in [5.74, 6) is -0.329. The fourth-order valence-electron chi connectivity index (χ4n) is 2.75. The second-order valence-electron chi connectivity index (χ2n) is 8.02. The minimum Gasteiger partial charge on any atom is -0.344 e. The van der Waals surface area contributed by atoms with Crippen LogP contribution in [0.5, 0.6) is 0 Å². The number of halogens is 1. The van der Waals surface area contributed by atoms with E-state index in [2.05, 4.69) is 22.8 Å². The Balaban J connectivity index is 2.17. The van der Waals surface area contributed by atoms with Crippen LogP contribution in [0.25, 0.3) is 0 Å². The smallest absolute Gasteiger partial charge is 0.247 e. The number of para-hydroxylation sites is 1. The molecule has 1 unspecified atom stereocenters. The largest absolute Gasteiger partial charge is 0.344 e. The molecule has 150 valence electrons. The van der Waals surface area contributed by atoms with Gasteiger partial charge in [-0.15, -0.1) is 11.6 Å². The van der Waals surface area contributed by atoms with E-state index in [1.54, 1.807) is 13.8 Å². The van der Waals surface area contributed by atoms with Crippen molar-refractivity contribution in [3.8, 4) is 0 Å². The van der Waals surface area contributed by atoms with Crippen LogP contribution in [0, 0.1) is 11.3 Å². The topological polar surface area (TPSA) is 58.2 Å². The van der Waals surface area contributed by atoms with E-state index in [1.165, 1.54) is 5.56 Å². The van der Waals surface area contributed by atoms with E-state index in [9.17, 15) is 9.59 Å². The highest BCUT2D eigenvalue weighted by atomic mass is 35.5. The quantitative estimate of drug-likeness (QED) is 0.635. The van der Waals surface area contributed by atoms with Crippen LogP contribution in [0.2, 0.25) is 0 Å². The lowest BCUT2D eigenvalue weighted by atomic mass is 9.93. The summed E-state index contributed by atoms with van der Waals surface area (Å²) < 4.78 is 0. The Morgan fingerprint density at radius 3 is 2.21 bits per heavy atom. The molecule has 2 aromatic rings. The third-order valence-electron chi connectivity index (χ3n) is 4.70. The molecule has 0 aromatic heterocycles. The Kier molecular flexibility index (Phi) is 7.64. The van der Waals surface area contributed by atoms with Crippen molar-refractivity contribution in [2.45, 2.75) is 40.2 Å². The molecule has 2 amide bonds. The monoisotopic (exact) mass is 400 g/mol.